The average Bonchev–Trinajstić information content (AvgIpc) is 1.94. The monoisotopic (exact) mass is 203 g/mol. The molecular formula is C9H17NO2S. The Balaban J connectivity index is 2.77. The minimum absolute atomic E-state index is 0.0589. The topological polar surface area (TPSA) is 63.3 Å². The Morgan fingerprint density at radius 1 is 1.62 bits per heavy atom. The normalized spacial score (nSPS) is 32.8. The van der Waals surface area contributed by atoms with Gasteiger partial charge in [0.05, 0.1) is 6.42 Å². The first-order valence-electron chi connectivity index (χ1n) is 4.46. The van der Waals surface area contributed by atoms with Crippen LogP contribution in [0.2, 0.25) is 0 Å². The van der Waals surface area contributed by atoms with Crippen LogP contribution in [0.15, 0.2) is 0 Å². The molecule has 3 N–H and O–H groups in total. The third kappa shape index (κ3) is 2.17. The summed E-state index contributed by atoms with van der Waals surface area (Å²) in [5, 5.41) is 8.77. The SMILES string of the molecule is CC1(C)CCSCC1(N)CC(=O)O. The van der Waals surface area contributed by atoms with Gasteiger partial charge in [0.25, 0.3) is 0 Å². The molecule has 0 amide bonds. The predicted molar refractivity (Wildman–Crippen MR) is 54.9 cm³/mol. The van der Waals surface area contributed by atoms with Gasteiger partial charge in [-0.25, -0.2) is 0 Å². The molecule has 0 aliphatic carbocycles. The van der Waals surface area contributed by atoms with E-state index in [-0.39, 0.29) is 11.8 Å². The largest absolute Gasteiger partial charge is 0.481 e. The van der Waals surface area contributed by atoms with E-state index in [0.29, 0.717) is 0 Å². The molecule has 76 valence electrons. The van der Waals surface area contributed by atoms with E-state index in [1.165, 1.54) is 0 Å². The summed E-state index contributed by atoms with van der Waals surface area (Å²) >= 11 is 1.76. The quantitative estimate of drug-likeness (QED) is 0.710. The number of aliphatic carboxylic acids is 1. The minimum atomic E-state index is -0.793. The molecule has 1 rings (SSSR count). The molecule has 0 spiro atoms. The molecule has 1 heterocycles. The molecular weight excluding hydrogens is 186 g/mol. The van der Waals surface area contributed by atoms with Gasteiger partial charge in [-0.3, -0.25) is 4.79 Å². The lowest BCUT2D eigenvalue weighted by Gasteiger charge is -2.46. The number of hydrogen-bond donors (Lipinski definition) is 2. The minimum Gasteiger partial charge on any atom is -0.481 e. The van der Waals surface area contributed by atoms with E-state index in [4.69, 9.17) is 10.8 Å². The second-order valence-corrected chi connectivity index (χ2v) is 5.52. The van der Waals surface area contributed by atoms with Gasteiger partial charge >= 0.3 is 5.97 Å². The highest BCUT2D eigenvalue weighted by Gasteiger charge is 2.45. The van der Waals surface area contributed by atoms with Crippen LogP contribution in [0.5, 0.6) is 0 Å². The second-order valence-electron chi connectivity index (χ2n) is 4.41. The predicted octanol–water partition coefficient (Wildman–Crippen LogP) is 1.32. The van der Waals surface area contributed by atoms with Crippen molar-refractivity contribution in [1.82, 2.24) is 0 Å². The van der Waals surface area contributed by atoms with Crippen LogP contribution in [0.1, 0.15) is 26.7 Å². The maximum absolute atomic E-state index is 10.7. The summed E-state index contributed by atoms with van der Waals surface area (Å²) in [6.45, 7) is 4.13. The molecule has 3 nitrogen and oxygen atoms in total. The number of carbonyl (C=O) groups is 1. The van der Waals surface area contributed by atoms with Gasteiger partial charge in [-0.2, -0.15) is 11.8 Å². The maximum Gasteiger partial charge on any atom is 0.305 e. The van der Waals surface area contributed by atoms with Gasteiger partial charge in [-0.15, -0.1) is 0 Å². The Kier molecular flexibility index (Phi) is 2.92. The summed E-state index contributed by atoms with van der Waals surface area (Å²) in [4.78, 5) is 10.7. The molecule has 1 fully saturated rings. The molecule has 4 heteroatoms. The van der Waals surface area contributed by atoms with Crippen LogP contribution in [0, 0.1) is 5.41 Å². The summed E-state index contributed by atoms with van der Waals surface area (Å²) < 4.78 is 0. The molecule has 1 saturated heterocycles. The van der Waals surface area contributed by atoms with Crippen molar-refractivity contribution in [2.24, 2.45) is 11.1 Å². The van der Waals surface area contributed by atoms with E-state index in [9.17, 15) is 4.79 Å². The van der Waals surface area contributed by atoms with E-state index in [2.05, 4.69) is 13.8 Å². The zero-order valence-electron chi connectivity index (χ0n) is 8.17. The van der Waals surface area contributed by atoms with Gasteiger partial charge in [0.1, 0.15) is 0 Å². The Morgan fingerprint density at radius 3 is 2.69 bits per heavy atom. The molecule has 13 heavy (non-hydrogen) atoms. The summed E-state index contributed by atoms with van der Waals surface area (Å²) in [6.07, 6.45) is 1.08. The summed E-state index contributed by atoms with van der Waals surface area (Å²) in [6, 6.07) is 0. The van der Waals surface area contributed by atoms with Gasteiger partial charge < -0.3 is 10.8 Å². The van der Waals surface area contributed by atoms with Crippen molar-refractivity contribution in [3.05, 3.63) is 0 Å². The molecule has 0 radical (unpaired) electrons. The Hall–Kier alpha value is -0.220. The maximum atomic E-state index is 10.7. The standard InChI is InChI=1S/C9H17NO2S/c1-8(2)3-4-13-6-9(8,10)5-7(11)12/h3-6,10H2,1-2H3,(H,11,12). The summed E-state index contributed by atoms with van der Waals surface area (Å²) in [7, 11) is 0. The zero-order chi connectivity index (χ0) is 10.1. The molecule has 0 aromatic rings. The van der Waals surface area contributed by atoms with Crippen molar-refractivity contribution >= 4 is 17.7 Å². The van der Waals surface area contributed by atoms with Crippen LogP contribution in [0.4, 0.5) is 0 Å². The van der Waals surface area contributed by atoms with Crippen LogP contribution in [0.3, 0.4) is 0 Å². The van der Waals surface area contributed by atoms with E-state index >= 15 is 0 Å². The van der Waals surface area contributed by atoms with Crippen LogP contribution in [-0.4, -0.2) is 28.1 Å². The van der Waals surface area contributed by atoms with Crippen LogP contribution in [0.25, 0.3) is 0 Å². The van der Waals surface area contributed by atoms with E-state index in [1.807, 2.05) is 0 Å². The van der Waals surface area contributed by atoms with Crippen molar-refractivity contribution in [2.75, 3.05) is 11.5 Å². The van der Waals surface area contributed by atoms with Crippen molar-refractivity contribution in [3.63, 3.8) is 0 Å². The highest BCUT2D eigenvalue weighted by molar-refractivity contribution is 7.99. The van der Waals surface area contributed by atoms with Crippen LogP contribution in [-0.2, 0) is 4.79 Å². The fourth-order valence-corrected chi connectivity index (χ4v) is 3.24. The molecule has 0 saturated carbocycles. The fourth-order valence-electron chi connectivity index (χ4n) is 1.59. The van der Waals surface area contributed by atoms with Gasteiger partial charge in [0.2, 0.25) is 0 Å². The van der Waals surface area contributed by atoms with Crippen molar-refractivity contribution in [2.45, 2.75) is 32.2 Å². The van der Waals surface area contributed by atoms with E-state index in [1.54, 1.807) is 11.8 Å². The van der Waals surface area contributed by atoms with Crippen LogP contribution >= 0.6 is 11.8 Å². The first-order chi connectivity index (χ1) is 5.87. The molecule has 1 atom stereocenters. The second kappa shape index (κ2) is 3.50. The smallest absolute Gasteiger partial charge is 0.305 e. The highest BCUT2D eigenvalue weighted by atomic mass is 32.2. The Bertz CT molecular complexity index is 218. The third-order valence-electron chi connectivity index (χ3n) is 3.05. The van der Waals surface area contributed by atoms with Gasteiger partial charge in [-0.05, 0) is 17.6 Å². The fraction of sp³-hybridized carbons (Fsp3) is 0.889. The number of hydrogen-bond acceptors (Lipinski definition) is 3. The molecule has 1 unspecified atom stereocenters. The molecule has 0 aromatic heterocycles. The van der Waals surface area contributed by atoms with E-state index < -0.39 is 11.5 Å². The first kappa shape index (κ1) is 10.9. The highest BCUT2D eigenvalue weighted by Crippen LogP contribution is 2.42. The van der Waals surface area contributed by atoms with Crippen molar-refractivity contribution in [3.8, 4) is 0 Å². The Morgan fingerprint density at radius 2 is 2.23 bits per heavy atom. The molecule has 1 aliphatic rings. The summed E-state index contributed by atoms with van der Waals surface area (Å²) in [5.74, 6) is 1.05. The van der Waals surface area contributed by atoms with Gasteiger partial charge in [-0.1, -0.05) is 13.8 Å². The Labute approximate surface area is 83.1 Å². The lowest BCUT2D eigenvalue weighted by molar-refractivity contribution is -0.139. The molecule has 0 bridgehead atoms. The lowest BCUT2D eigenvalue weighted by Crippen LogP contribution is -2.58. The lowest BCUT2D eigenvalue weighted by atomic mass is 9.70. The zero-order valence-corrected chi connectivity index (χ0v) is 8.99. The van der Waals surface area contributed by atoms with Crippen molar-refractivity contribution < 1.29 is 9.90 Å². The molecule has 1 aliphatic heterocycles. The average molecular weight is 203 g/mol. The van der Waals surface area contributed by atoms with Gasteiger partial charge in [0, 0.05) is 11.3 Å². The van der Waals surface area contributed by atoms with Crippen LogP contribution < -0.4 is 5.73 Å². The van der Waals surface area contributed by atoms with Gasteiger partial charge in [0.15, 0.2) is 0 Å². The first-order valence-corrected chi connectivity index (χ1v) is 5.61. The number of rotatable bonds is 2. The number of thioether (sulfide) groups is 1. The third-order valence-corrected chi connectivity index (χ3v) is 4.26. The van der Waals surface area contributed by atoms with E-state index in [0.717, 1.165) is 17.9 Å². The number of carboxylic acids is 1. The molecule has 0 aromatic carbocycles. The summed E-state index contributed by atoms with van der Waals surface area (Å²) in [5.41, 5.74) is 5.54. The number of nitrogens with two attached hydrogens (primary N) is 1. The van der Waals surface area contributed by atoms with Crippen molar-refractivity contribution in [1.29, 1.82) is 0 Å². The number of carboxylic acid groups (broad SMARTS) is 1.